The molecule has 2 atom stereocenters. The fourth-order valence-corrected chi connectivity index (χ4v) is 7.26. The van der Waals surface area contributed by atoms with Crippen LogP contribution in [-0.4, -0.2) is 19.0 Å². The van der Waals surface area contributed by atoms with Crippen molar-refractivity contribution in [3.8, 4) is 0 Å². The van der Waals surface area contributed by atoms with Gasteiger partial charge in [-0.05, 0) is 43.9 Å². The number of amides is 1. The standard InChI is InChI=1S/C12H16Br3NO/c1-7(17)16-11-5-8-2-9(6-11)4-10(13,3-8)12(11,14)15/h8-9H,2-6H2,1H3,(H,16,17). The average molecular weight is 430 g/mol. The van der Waals surface area contributed by atoms with Crippen LogP contribution in [0.1, 0.15) is 39.0 Å². The normalized spacial score (nSPS) is 50.4. The topological polar surface area (TPSA) is 29.1 Å². The SMILES string of the molecule is CC(=O)NC12CC3CC(CC(Br)(C3)C1(Br)Br)C2. The summed E-state index contributed by atoms with van der Waals surface area (Å²) in [5, 5.41) is 3.24. The summed E-state index contributed by atoms with van der Waals surface area (Å²) < 4.78 is -0.147. The van der Waals surface area contributed by atoms with Gasteiger partial charge in [0.2, 0.25) is 5.91 Å². The van der Waals surface area contributed by atoms with E-state index in [1.165, 1.54) is 19.3 Å². The lowest BCUT2D eigenvalue weighted by molar-refractivity contribution is -0.124. The maximum Gasteiger partial charge on any atom is 0.217 e. The lowest BCUT2D eigenvalue weighted by atomic mass is 9.52. The van der Waals surface area contributed by atoms with Crippen molar-refractivity contribution >= 4 is 53.7 Å². The van der Waals surface area contributed by atoms with E-state index in [0.717, 1.165) is 24.7 Å². The number of rotatable bonds is 1. The van der Waals surface area contributed by atoms with Crippen molar-refractivity contribution in [1.82, 2.24) is 5.32 Å². The van der Waals surface area contributed by atoms with Crippen LogP contribution in [0.25, 0.3) is 0 Å². The van der Waals surface area contributed by atoms with E-state index in [0.29, 0.717) is 0 Å². The largest absolute Gasteiger partial charge is 0.349 e. The molecule has 4 saturated carbocycles. The van der Waals surface area contributed by atoms with Crippen LogP contribution in [0.15, 0.2) is 0 Å². The van der Waals surface area contributed by atoms with Gasteiger partial charge in [-0.3, -0.25) is 4.79 Å². The van der Waals surface area contributed by atoms with Gasteiger partial charge in [-0.25, -0.2) is 0 Å². The van der Waals surface area contributed by atoms with E-state index in [2.05, 4.69) is 53.1 Å². The van der Waals surface area contributed by atoms with Gasteiger partial charge in [0, 0.05) is 6.92 Å². The van der Waals surface area contributed by atoms with Crippen LogP contribution < -0.4 is 5.32 Å². The van der Waals surface area contributed by atoms with Gasteiger partial charge in [-0.2, -0.15) is 0 Å². The Morgan fingerprint density at radius 2 is 1.65 bits per heavy atom. The average Bonchev–Trinajstić information content (AvgIpc) is 2.11. The third-order valence-corrected chi connectivity index (χ3v) is 10.1. The molecule has 1 N–H and O–H groups in total. The number of hydrogen-bond acceptors (Lipinski definition) is 1. The zero-order valence-corrected chi connectivity index (χ0v) is 14.5. The van der Waals surface area contributed by atoms with Crippen LogP contribution in [-0.2, 0) is 4.79 Å². The summed E-state index contributed by atoms with van der Waals surface area (Å²) in [4.78, 5) is 11.6. The van der Waals surface area contributed by atoms with E-state index in [1.54, 1.807) is 6.92 Å². The van der Waals surface area contributed by atoms with Gasteiger partial charge in [0.1, 0.15) is 3.23 Å². The third kappa shape index (κ3) is 1.64. The highest BCUT2D eigenvalue weighted by Crippen LogP contribution is 2.70. The second-order valence-corrected chi connectivity index (χ2v) is 11.0. The minimum Gasteiger partial charge on any atom is -0.349 e. The molecule has 17 heavy (non-hydrogen) atoms. The van der Waals surface area contributed by atoms with Gasteiger partial charge in [0.25, 0.3) is 0 Å². The quantitative estimate of drug-likeness (QED) is 0.632. The summed E-state index contributed by atoms with van der Waals surface area (Å²) in [6.45, 7) is 1.62. The molecular weight excluding hydrogens is 414 g/mol. The first-order valence-corrected chi connectivity index (χ1v) is 8.51. The summed E-state index contributed by atoms with van der Waals surface area (Å²) in [6, 6.07) is 0. The Balaban J connectivity index is 2.05. The highest BCUT2D eigenvalue weighted by atomic mass is 79.9. The molecule has 4 bridgehead atoms. The third-order valence-electron chi connectivity index (χ3n) is 4.74. The van der Waals surface area contributed by atoms with Crippen molar-refractivity contribution in [1.29, 1.82) is 0 Å². The molecule has 0 aromatic heterocycles. The molecule has 4 fully saturated rings. The Bertz CT molecular complexity index is 368. The number of hydrogen-bond donors (Lipinski definition) is 1. The minimum atomic E-state index is -0.223. The van der Waals surface area contributed by atoms with E-state index in [9.17, 15) is 4.79 Å². The van der Waals surface area contributed by atoms with E-state index < -0.39 is 0 Å². The van der Waals surface area contributed by atoms with Crippen LogP contribution in [0, 0.1) is 11.8 Å². The van der Waals surface area contributed by atoms with Crippen LogP contribution in [0.3, 0.4) is 0 Å². The van der Waals surface area contributed by atoms with Gasteiger partial charge in [-0.1, -0.05) is 47.8 Å². The van der Waals surface area contributed by atoms with E-state index in [4.69, 9.17) is 0 Å². The minimum absolute atomic E-state index is 0.0753. The lowest BCUT2D eigenvalue weighted by Crippen LogP contribution is -2.75. The van der Waals surface area contributed by atoms with Gasteiger partial charge >= 0.3 is 0 Å². The van der Waals surface area contributed by atoms with Gasteiger partial charge in [0.15, 0.2) is 0 Å². The molecule has 0 spiro atoms. The number of halogens is 3. The smallest absolute Gasteiger partial charge is 0.217 e. The number of nitrogens with one attached hydrogen (secondary N) is 1. The molecular formula is C12H16Br3NO. The summed E-state index contributed by atoms with van der Waals surface area (Å²) in [5.41, 5.74) is -0.133. The maximum atomic E-state index is 11.6. The fraction of sp³-hybridized carbons (Fsp3) is 0.917. The molecule has 96 valence electrons. The Labute approximate surface area is 127 Å². The number of carbonyl (C=O) groups is 1. The molecule has 0 radical (unpaired) electrons. The highest BCUT2D eigenvalue weighted by Gasteiger charge is 2.70. The second-order valence-electron chi connectivity index (χ2n) is 6.09. The van der Waals surface area contributed by atoms with E-state index in [-0.39, 0.29) is 19.0 Å². The molecule has 2 unspecified atom stereocenters. The van der Waals surface area contributed by atoms with Crippen molar-refractivity contribution in [2.24, 2.45) is 11.8 Å². The van der Waals surface area contributed by atoms with E-state index in [1.807, 2.05) is 0 Å². The molecule has 4 aliphatic carbocycles. The first kappa shape index (κ1) is 12.9. The summed E-state index contributed by atoms with van der Waals surface area (Å²) in [7, 11) is 0. The van der Waals surface area contributed by atoms with Crippen molar-refractivity contribution < 1.29 is 4.79 Å². The Hall–Kier alpha value is 0.910. The summed E-state index contributed by atoms with van der Waals surface area (Å²) in [6.07, 6.45) is 5.91. The monoisotopic (exact) mass is 427 g/mol. The molecule has 0 heterocycles. The maximum absolute atomic E-state index is 11.6. The Kier molecular flexibility index (Phi) is 2.83. The summed E-state index contributed by atoms with van der Waals surface area (Å²) in [5.74, 6) is 1.57. The van der Waals surface area contributed by atoms with Crippen LogP contribution in [0.2, 0.25) is 0 Å². The first-order valence-electron chi connectivity index (χ1n) is 6.13. The van der Waals surface area contributed by atoms with Crippen LogP contribution in [0.5, 0.6) is 0 Å². The van der Waals surface area contributed by atoms with Crippen LogP contribution in [0.4, 0.5) is 0 Å². The van der Waals surface area contributed by atoms with Gasteiger partial charge < -0.3 is 5.32 Å². The van der Waals surface area contributed by atoms with Gasteiger partial charge in [0.05, 0.1) is 9.86 Å². The molecule has 0 saturated heterocycles. The molecule has 2 nitrogen and oxygen atoms in total. The van der Waals surface area contributed by atoms with Crippen molar-refractivity contribution in [3.63, 3.8) is 0 Å². The molecule has 0 aliphatic heterocycles. The first-order chi connectivity index (χ1) is 7.78. The number of alkyl halides is 3. The van der Waals surface area contributed by atoms with Crippen molar-refractivity contribution in [2.75, 3.05) is 0 Å². The Morgan fingerprint density at radius 1 is 1.12 bits per heavy atom. The summed E-state index contributed by atoms with van der Waals surface area (Å²) >= 11 is 11.7. The zero-order valence-electron chi connectivity index (χ0n) is 9.73. The molecule has 4 aliphatic rings. The van der Waals surface area contributed by atoms with E-state index >= 15 is 0 Å². The zero-order chi connectivity index (χ0) is 12.5. The fourth-order valence-electron chi connectivity index (χ4n) is 4.48. The predicted octanol–water partition coefficient (Wildman–Crippen LogP) is 3.70. The molecule has 1 amide bonds. The lowest BCUT2D eigenvalue weighted by Gasteiger charge is -2.67. The molecule has 0 aromatic rings. The molecule has 4 rings (SSSR count). The van der Waals surface area contributed by atoms with Crippen LogP contribution >= 0.6 is 47.8 Å². The predicted molar refractivity (Wildman–Crippen MR) is 78.9 cm³/mol. The van der Waals surface area contributed by atoms with Gasteiger partial charge in [-0.15, -0.1) is 0 Å². The highest BCUT2D eigenvalue weighted by molar-refractivity contribution is 9.26. The number of carbonyl (C=O) groups excluding carboxylic acids is 1. The molecule has 5 heteroatoms. The van der Waals surface area contributed by atoms with Crippen molar-refractivity contribution in [3.05, 3.63) is 0 Å². The van der Waals surface area contributed by atoms with Crippen molar-refractivity contribution in [2.45, 2.75) is 52.1 Å². The second kappa shape index (κ2) is 3.72. The Morgan fingerprint density at radius 3 is 2.12 bits per heavy atom. The molecule has 0 aromatic carbocycles.